The molecule has 2 aromatic rings. The van der Waals surface area contributed by atoms with E-state index in [0.717, 1.165) is 22.5 Å². The zero-order valence-corrected chi connectivity index (χ0v) is 14.4. The number of para-hydroxylation sites is 1. The number of benzene rings is 2. The van der Waals surface area contributed by atoms with Crippen LogP contribution in [0.5, 0.6) is 0 Å². The topological polar surface area (TPSA) is 53.2 Å². The number of amides is 1. The Hall–Kier alpha value is -2.66. The summed E-state index contributed by atoms with van der Waals surface area (Å²) in [5.74, 6) is -0.144. The highest BCUT2D eigenvalue weighted by Gasteiger charge is 2.30. The molecule has 1 aliphatic heterocycles. The quantitative estimate of drug-likeness (QED) is 0.751. The number of carbonyl (C=O) groups is 1. The van der Waals surface area contributed by atoms with Crippen LogP contribution in [0, 0.1) is 6.92 Å². The highest BCUT2D eigenvalue weighted by atomic mass is 32.1. The number of allylic oxidation sites excluding steroid dienone is 1. The Morgan fingerprint density at radius 1 is 1.04 bits per heavy atom. The van der Waals surface area contributed by atoms with Gasteiger partial charge in [0.15, 0.2) is 5.11 Å². The Labute approximate surface area is 147 Å². The first-order chi connectivity index (χ1) is 11.6. The van der Waals surface area contributed by atoms with Crippen LogP contribution in [-0.2, 0) is 4.79 Å². The molecule has 2 aromatic carbocycles. The second-order valence-electron chi connectivity index (χ2n) is 5.75. The average Bonchev–Trinajstić information content (AvgIpc) is 2.55. The molecule has 0 spiro atoms. The summed E-state index contributed by atoms with van der Waals surface area (Å²) in [6.07, 6.45) is 0. The van der Waals surface area contributed by atoms with E-state index in [2.05, 4.69) is 16.0 Å². The largest absolute Gasteiger partial charge is 0.351 e. The lowest BCUT2D eigenvalue weighted by Crippen LogP contribution is -2.46. The van der Waals surface area contributed by atoms with Crippen LogP contribution in [0.1, 0.15) is 24.1 Å². The first kappa shape index (κ1) is 16.2. The fourth-order valence-corrected chi connectivity index (χ4v) is 3.13. The maximum Gasteiger partial charge on any atom is 0.255 e. The molecule has 1 amide bonds. The van der Waals surface area contributed by atoms with Crippen molar-refractivity contribution < 1.29 is 4.79 Å². The number of hydrogen-bond donors (Lipinski definition) is 3. The standard InChI is InChI=1S/C19H19N3OS/c1-12-8-6-7-11-15(12)17-16(13(2)20-19(24)22-17)18(23)21-14-9-4-3-5-10-14/h3-11,17H,1-2H3,(H,21,23)(H2,20,22,24)/t17-/m1/s1. The van der Waals surface area contributed by atoms with Crippen molar-refractivity contribution in [1.29, 1.82) is 0 Å². The third-order valence-electron chi connectivity index (χ3n) is 4.04. The van der Waals surface area contributed by atoms with E-state index in [4.69, 9.17) is 12.2 Å². The van der Waals surface area contributed by atoms with Gasteiger partial charge in [-0.05, 0) is 49.3 Å². The van der Waals surface area contributed by atoms with E-state index in [9.17, 15) is 4.79 Å². The summed E-state index contributed by atoms with van der Waals surface area (Å²) in [6, 6.07) is 17.2. The van der Waals surface area contributed by atoms with Gasteiger partial charge in [-0.15, -0.1) is 0 Å². The van der Waals surface area contributed by atoms with Crippen molar-refractivity contribution in [3.8, 4) is 0 Å². The first-order valence-electron chi connectivity index (χ1n) is 7.76. The van der Waals surface area contributed by atoms with Gasteiger partial charge in [0.25, 0.3) is 5.91 Å². The minimum atomic E-state index is -0.274. The van der Waals surface area contributed by atoms with Crippen molar-refractivity contribution in [1.82, 2.24) is 10.6 Å². The van der Waals surface area contributed by atoms with E-state index in [1.165, 1.54) is 0 Å². The SMILES string of the molecule is CC1=C(C(=O)Nc2ccccc2)[C@@H](c2ccccc2C)NC(=S)N1. The fourth-order valence-electron chi connectivity index (χ4n) is 2.86. The zero-order chi connectivity index (χ0) is 17.1. The van der Waals surface area contributed by atoms with Crippen LogP contribution >= 0.6 is 12.2 Å². The molecule has 0 unspecified atom stereocenters. The molecule has 122 valence electrons. The molecule has 0 aromatic heterocycles. The van der Waals surface area contributed by atoms with Gasteiger partial charge in [-0.1, -0.05) is 42.5 Å². The molecule has 3 N–H and O–H groups in total. The molecule has 5 heteroatoms. The molecule has 0 bridgehead atoms. The van der Waals surface area contributed by atoms with Gasteiger partial charge in [-0.25, -0.2) is 0 Å². The summed E-state index contributed by atoms with van der Waals surface area (Å²) in [5, 5.41) is 9.76. The summed E-state index contributed by atoms with van der Waals surface area (Å²) >= 11 is 5.28. The van der Waals surface area contributed by atoms with Gasteiger partial charge in [0, 0.05) is 11.4 Å². The van der Waals surface area contributed by atoms with Gasteiger partial charge in [0.05, 0.1) is 11.6 Å². The number of thiocarbonyl (C=S) groups is 1. The molecule has 1 atom stereocenters. The Kier molecular flexibility index (Phi) is 4.62. The van der Waals surface area contributed by atoms with E-state index in [1.807, 2.05) is 68.4 Å². The number of rotatable bonds is 3. The molecule has 0 aliphatic carbocycles. The van der Waals surface area contributed by atoms with E-state index >= 15 is 0 Å². The van der Waals surface area contributed by atoms with Crippen molar-refractivity contribution in [2.75, 3.05) is 5.32 Å². The molecule has 0 fully saturated rings. The summed E-state index contributed by atoms with van der Waals surface area (Å²) in [4.78, 5) is 12.9. The van der Waals surface area contributed by atoms with E-state index in [1.54, 1.807) is 0 Å². The predicted molar refractivity (Wildman–Crippen MR) is 101 cm³/mol. The van der Waals surface area contributed by atoms with Crippen LogP contribution in [0.2, 0.25) is 0 Å². The molecule has 0 saturated heterocycles. The maximum atomic E-state index is 12.9. The molecule has 1 heterocycles. The second kappa shape index (κ2) is 6.84. The van der Waals surface area contributed by atoms with Crippen molar-refractivity contribution in [2.24, 2.45) is 0 Å². The molecular weight excluding hydrogens is 318 g/mol. The summed E-state index contributed by atoms with van der Waals surface area (Å²) < 4.78 is 0. The first-order valence-corrected chi connectivity index (χ1v) is 8.17. The van der Waals surface area contributed by atoms with Crippen molar-refractivity contribution in [3.05, 3.63) is 77.0 Å². The molecule has 0 radical (unpaired) electrons. The monoisotopic (exact) mass is 337 g/mol. The molecular formula is C19H19N3OS. The van der Waals surface area contributed by atoms with Crippen LogP contribution in [0.25, 0.3) is 0 Å². The van der Waals surface area contributed by atoms with E-state index < -0.39 is 0 Å². The lowest BCUT2D eigenvalue weighted by atomic mass is 9.92. The predicted octanol–water partition coefficient (Wildman–Crippen LogP) is 3.43. The molecule has 0 saturated carbocycles. The van der Waals surface area contributed by atoms with Crippen LogP contribution < -0.4 is 16.0 Å². The van der Waals surface area contributed by atoms with Gasteiger partial charge >= 0.3 is 0 Å². The lowest BCUT2D eigenvalue weighted by Gasteiger charge is -2.31. The highest BCUT2D eigenvalue weighted by molar-refractivity contribution is 7.80. The normalized spacial score (nSPS) is 17.1. The number of aryl methyl sites for hydroxylation is 1. The summed E-state index contributed by atoms with van der Waals surface area (Å²) in [5.41, 5.74) is 4.32. The molecule has 24 heavy (non-hydrogen) atoms. The Morgan fingerprint density at radius 2 is 1.71 bits per heavy atom. The minimum Gasteiger partial charge on any atom is -0.351 e. The van der Waals surface area contributed by atoms with E-state index in [0.29, 0.717) is 10.7 Å². The maximum absolute atomic E-state index is 12.9. The van der Waals surface area contributed by atoms with Gasteiger partial charge < -0.3 is 16.0 Å². The van der Waals surface area contributed by atoms with Gasteiger partial charge in [0.1, 0.15) is 0 Å². The molecule has 4 nitrogen and oxygen atoms in total. The van der Waals surface area contributed by atoms with Crippen molar-refractivity contribution in [3.63, 3.8) is 0 Å². The number of nitrogens with one attached hydrogen (secondary N) is 3. The second-order valence-corrected chi connectivity index (χ2v) is 6.16. The zero-order valence-electron chi connectivity index (χ0n) is 13.6. The smallest absolute Gasteiger partial charge is 0.255 e. The van der Waals surface area contributed by atoms with E-state index in [-0.39, 0.29) is 11.9 Å². The average molecular weight is 337 g/mol. The molecule has 1 aliphatic rings. The van der Waals surface area contributed by atoms with Gasteiger partial charge in [-0.2, -0.15) is 0 Å². The molecule has 3 rings (SSSR count). The number of anilines is 1. The number of carbonyl (C=O) groups excluding carboxylic acids is 1. The number of hydrogen-bond acceptors (Lipinski definition) is 2. The van der Waals surface area contributed by atoms with Crippen molar-refractivity contribution >= 4 is 28.9 Å². The van der Waals surface area contributed by atoms with Gasteiger partial charge in [-0.3, -0.25) is 4.79 Å². The highest BCUT2D eigenvalue weighted by Crippen LogP contribution is 2.29. The summed E-state index contributed by atoms with van der Waals surface area (Å²) in [7, 11) is 0. The Bertz CT molecular complexity index is 814. The summed E-state index contributed by atoms with van der Waals surface area (Å²) in [6.45, 7) is 3.91. The van der Waals surface area contributed by atoms with Gasteiger partial charge in [0.2, 0.25) is 0 Å². The fraction of sp³-hybridized carbons (Fsp3) is 0.158. The third kappa shape index (κ3) is 3.31. The third-order valence-corrected chi connectivity index (χ3v) is 4.26. The van der Waals surface area contributed by atoms with Crippen molar-refractivity contribution in [2.45, 2.75) is 19.9 Å². The van der Waals surface area contributed by atoms with Crippen LogP contribution in [0.15, 0.2) is 65.9 Å². The Balaban J connectivity index is 1.98. The van der Waals surface area contributed by atoms with Crippen LogP contribution in [0.3, 0.4) is 0 Å². The van der Waals surface area contributed by atoms with Crippen LogP contribution in [-0.4, -0.2) is 11.0 Å². The van der Waals surface area contributed by atoms with Crippen LogP contribution in [0.4, 0.5) is 5.69 Å². The lowest BCUT2D eigenvalue weighted by molar-refractivity contribution is -0.113. The Morgan fingerprint density at radius 3 is 2.42 bits per heavy atom. The minimum absolute atomic E-state index is 0.144.